The van der Waals surface area contributed by atoms with Crippen LogP contribution in [0, 0.1) is 0 Å². The lowest BCUT2D eigenvalue weighted by Crippen LogP contribution is -2.65. The number of phenols is 4. The van der Waals surface area contributed by atoms with Crippen LogP contribution in [0.4, 0.5) is 0 Å². The minimum absolute atomic E-state index is 0.00809. The van der Waals surface area contributed by atoms with E-state index < -0.39 is 299 Å². The topological polar surface area (TPSA) is 645 Å². The highest BCUT2D eigenvalue weighted by atomic mass is 35.5. The van der Waals surface area contributed by atoms with Crippen LogP contribution in [0.15, 0.2) is 170 Å². The molecule has 0 unspecified atom stereocenters. The minimum atomic E-state index is -2.58. The number of aliphatic hydroxyl groups is 10. The molecular weight excluding hydrogens is 1800 g/mol. The second-order valence-electron chi connectivity index (χ2n) is 32.7. The monoisotopic (exact) mass is 1890 g/mol. The SMILES string of the molecule is CC(=O)N[C@H]1[C@H](O[C@@H]2c3ccc(c(Cl)c3)Oc3cc4cc(c3O[C@@H]3O[C@H](CO)[C@@H](O)[C@H](O)[C@H]3N)Oc3ccc(cc3Cl)C[C@H]3NC(=O)[C@H](NCc5ccc(-c6ccccc6)cc5)c5ccc(O)c(c5)Oc5cc(O)cc(c5)[C@H](NC3=O)C(=O)N[C@H]4C(=O)N[C@H]3C(=O)N[C@@H]2C(=O)N[C@H](C(=O)O)c2cc(O)cc(O[C@H]4O[C@H](CO)[C@@H](O)[C@H](O)[C@@H]4O)c2-c2cc3ccc2O)O[C@H](CO)[C@@H](O)[C@@H]1O. The zero-order chi connectivity index (χ0) is 95.3. The number of hydrogen-bond acceptors (Lipinski definition) is 33. The van der Waals surface area contributed by atoms with E-state index in [2.05, 4.69) is 42.5 Å². The van der Waals surface area contributed by atoms with Crippen molar-refractivity contribution in [3.05, 3.63) is 224 Å². The number of carbonyl (C=O) groups is 8. The molecule has 134 heavy (non-hydrogen) atoms. The number of carboxylic acid groups (broad SMARTS) is 1. The molecule has 0 radical (unpaired) electrons. The van der Waals surface area contributed by atoms with Crippen LogP contribution < -0.4 is 72.0 Å². The highest BCUT2D eigenvalue weighted by Crippen LogP contribution is 2.51. The van der Waals surface area contributed by atoms with Crippen LogP contribution in [0.5, 0.6) is 69.0 Å². The van der Waals surface area contributed by atoms with Crippen LogP contribution in [0.25, 0.3) is 22.3 Å². The molecule has 3 fully saturated rings. The van der Waals surface area contributed by atoms with Gasteiger partial charge in [0.25, 0.3) is 0 Å². The fourth-order valence-corrected chi connectivity index (χ4v) is 17.2. The second kappa shape index (κ2) is 39.2. The van der Waals surface area contributed by atoms with Gasteiger partial charge in [-0.1, -0.05) is 102 Å². The van der Waals surface area contributed by atoms with Gasteiger partial charge in [0.1, 0.15) is 150 Å². The van der Waals surface area contributed by atoms with Crippen molar-refractivity contribution in [2.45, 2.75) is 160 Å². The van der Waals surface area contributed by atoms with E-state index >= 15 is 28.8 Å². The number of halogens is 2. The predicted octanol–water partition coefficient (Wildman–Crippen LogP) is 1.36. The van der Waals surface area contributed by atoms with Crippen LogP contribution in [0.3, 0.4) is 0 Å². The van der Waals surface area contributed by atoms with Gasteiger partial charge in [-0.2, -0.15) is 0 Å². The van der Waals surface area contributed by atoms with Crippen LogP contribution in [-0.4, -0.2) is 248 Å². The Labute approximate surface area is 768 Å². The highest BCUT2D eigenvalue weighted by molar-refractivity contribution is 6.32. The Balaban J connectivity index is 0.917. The van der Waals surface area contributed by atoms with Crippen molar-refractivity contribution >= 4 is 70.5 Å². The average Bonchev–Trinajstić information content (AvgIpc) is 0.754. The number of nitrogens with one attached hydrogen (secondary N) is 8. The molecule has 0 spiro atoms. The molecule has 18 rings (SSSR count). The molecule has 9 aliphatic rings. The summed E-state index contributed by atoms with van der Waals surface area (Å²) >= 11 is 14.7. The molecule has 0 saturated carbocycles. The maximum Gasteiger partial charge on any atom is 0.330 e. The van der Waals surface area contributed by atoms with E-state index in [-0.39, 0.29) is 51.1 Å². The molecule has 3 saturated heterocycles. The molecule has 0 aliphatic carbocycles. The van der Waals surface area contributed by atoms with E-state index in [4.69, 9.17) is 71.6 Å². The Morgan fingerprint density at radius 1 is 0.485 bits per heavy atom. The Morgan fingerprint density at radius 3 is 1.70 bits per heavy atom. The third kappa shape index (κ3) is 19.4. The van der Waals surface area contributed by atoms with E-state index in [0.29, 0.717) is 5.56 Å². The molecule has 17 bridgehead atoms. The summed E-state index contributed by atoms with van der Waals surface area (Å²) in [7, 11) is 0. The standard InChI is InChI=1S/C91H89Cl2N9O32/c1-35(106)96-71-77(115)74(112)62(33-104)131-90(71)133-80-42-14-18-56(51(93)24-42)128-60-27-44-26-59(81(60)134-89-65(94)76(114)73(111)61(32-103)130-89)127-55-17-9-37(19-50(55)92)20-52-82(118)98-68(43-21-45(107)28-47(22-43)126-57-25-41(13-16-54(57)110)66(83(119)97-52)95-31-36-7-10-39(11-8-36)38-5-3-2-4-6-38)85(121)100-69(44)86(122)99-67-40-12-15-53(109)48(23-40)64-49(70(88(124)125)101-87(123)72(80)102-84(67)120)29-46(108)30-58(64)129-91-79(117)78(116)75(113)63(34-105)132-91/h2-19,21-30,52,61-63,65-80,89-91,95,103-105,107-117H,20,31-34,94H2,1H3,(H,96,106)(H,97,119)(H,98,118)(H,99,122)(H,100,121)(H,101,123)(H,102,120)(H,124,125)/t52-,61-,62-,63-,65-,66-,67-,68+,69-,70+,71-,72+,73-,74-,75-,76-,77-,78+,79+,80-,89+,90+,91+/m1/s1. The molecule has 704 valence electrons. The van der Waals surface area contributed by atoms with Gasteiger partial charge in [0.05, 0.1) is 35.9 Å². The fraction of sp³-hybridized carbons (Fsp3) is 0.319. The summed E-state index contributed by atoms with van der Waals surface area (Å²) in [6.45, 7) is -2.12. The second-order valence-corrected chi connectivity index (χ2v) is 33.5. The number of amides is 7. The zero-order valence-electron chi connectivity index (χ0n) is 70.0. The van der Waals surface area contributed by atoms with Crippen molar-refractivity contribution in [1.82, 2.24) is 42.5 Å². The molecule has 9 aromatic carbocycles. The summed E-state index contributed by atoms with van der Waals surface area (Å²) in [5.41, 5.74) is 5.55. The molecule has 9 heterocycles. The first-order chi connectivity index (χ1) is 64.1. The normalized spacial score (nSPS) is 28.6. The molecule has 25 N–H and O–H groups in total. The zero-order valence-corrected chi connectivity index (χ0v) is 71.5. The van der Waals surface area contributed by atoms with Crippen LogP contribution in [0.1, 0.15) is 87.7 Å². The molecule has 41 nitrogen and oxygen atoms in total. The maximum atomic E-state index is 17.0. The van der Waals surface area contributed by atoms with Gasteiger partial charge in [-0.3, -0.25) is 38.9 Å². The van der Waals surface area contributed by atoms with Gasteiger partial charge in [-0.15, -0.1) is 0 Å². The predicted molar refractivity (Wildman–Crippen MR) is 461 cm³/mol. The first-order valence-corrected chi connectivity index (χ1v) is 42.5. The third-order valence-electron chi connectivity index (χ3n) is 23.7. The van der Waals surface area contributed by atoms with E-state index in [1.165, 1.54) is 36.4 Å². The highest BCUT2D eigenvalue weighted by Gasteiger charge is 2.52. The summed E-state index contributed by atoms with van der Waals surface area (Å²) in [5, 5.41) is 190. The summed E-state index contributed by atoms with van der Waals surface area (Å²) < 4.78 is 57.1. The van der Waals surface area contributed by atoms with Gasteiger partial charge in [-0.25, -0.2) is 4.79 Å². The summed E-state index contributed by atoms with van der Waals surface area (Å²) in [6.07, 6.45) is -28.8. The first kappa shape index (κ1) is 94.1. The molecule has 9 aromatic rings. The molecule has 7 amide bonds. The number of carboxylic acids is 1. The summed E-state index contributed by atoms with van der Waals surface area (Å²) in [4.78, 5) is 126. The van der Waals surface area contributed by atoms with E-state index in [1.54, 1.807) is 0 Å². The Morgan fingerprint density at radius 2 is 1.05 bits per heavy atom. The van der Waals surface area contributed by atoms with E-state index in [9.17, 15) is 86.2 Å². The number of carbonyl (C=O) groups excluding carboxylic acids is 7. The number of hydrogen-bond donors (Lipinski definition) is 24. The van der Waals surface area contributed by atoms with Crippen molar-refractivity contribution in [2.24, 2.45) is 5.73 Å². The Kier molecular flexibility index (Phi) is 27.5. The van der Waals surface area contributed by atoms with Crippen LogP contribution >= 0.6 is 23.2 Å². The molecular formula is C91H89Cl2N9O32. The number of ether oxygens (including phenoxy) is 9. The van der Waals surface area contributed by atoms with Gasteiger partial charge >= 0.3 is 5.97 Å². The largest absolute Gasteiger partial charge is 0.508 e. The minimum Gasteiger partial charge on any atom is -0.508 e. The van der Waals surface area contributed by atoms with Crippen molar-refractivity contribution in [2.75, 3.05) is 19.8 Å². The molecule has 23 atom stereocenters. The number of phenolic OH excluding ortho intramolecular Hbond substituents is 4. The lowest BCUT2D eigenvalue weighted by Gasteiger charge is -2.44. The molecule has 9 aliphatic heterocycles. The number of aliphatic carboxylic acids is 1. The van der Waals surface area contributed by atoms with Gasteiger partial charge in [0.15, 0.2) is 35.3 Å². The number of fused-ring (bicyclic) bond motifs is 14. The Hall–Kier alpha value is -13.1. The third-order valence-corrected chi connectivity index (χ3v) is 24.3. The Bertz CT molecular complexity index is 6030. The molecule has 43 heteroatoms. The maximum absolute atomic E-state index is 17.0. The smallest absolute Gasteiger partial charge is 0.330 e. The average molecular weight is 1890 g/mol. The quantitative estimate of drug-likeness (QED) is 0.0689. The van der Waals surface area contributed by atoms with Crippen molar-refractivity contribution in [3.8, 4) is 91.2 Å². The lowest BCUT2D eigenvalue weighted by atomic mass is 9.89. The lowest BCUT2D eigenvalue weighted by molar-refractivity contribution is -0.284. The number of nitrogens with two attached hydrogens (primary N) is 1. The fourth-order valence-electron chi connectivity index (χ4n) is 16.8. The first-order valence-electron chi connectivity index (χ1n) is 41.8. The number of benzene rings is 9. The molecule has 0 aromatic heterocycles. The van der Waals surface area contributed by atoms with Crippen molar-refractivity contribution in [1.29, 1.82) is 0 Å². The summed E-state index contributed by atoms with van der Waals surface area (Å²) in [5.74, 6) is -18.3. The van der Waals surface area contributed by atoms with Gasteiger partial charge in [-0.05, 0) is 129 Å². The van der Waals surface area contributed by atoms with Crippen LogP contribution in [-0.2, 0) is 70.3 Å². The van der Waals surface area contributed by atoms with Crippen molar-refractivity contribution in [3.63, 3.8) is 0 Å². The number of rotatable bonds is 15. The summed E-state index contributed by atoms with van der Waals surface area (Å²) in [6, 6.07) is 18.6. The van der Waals surface area contributed by atoms with Gasteiger partial charge in [0.2, 0.25) is 59.7 Å². The van der Waals surface area contributed by atoms with Crippen molar-refractivity contribution < 1.29 is 158 Å². The van der Waals surface area contributed by atoms with E-state index in [1.807, 2.05) is 54.6 Å². The number of aliphatic hydroxyl groups excluding tert-OH is 10. The number of aromatic hydroxyl groups is 4. The van der Waals surface area contributed by atoms with E-state index in [0.717, 1.165) is 96.9 Å². The van der Waals surface area contributed by atoms with Crippen LogP contribution in [0.2, 0.25) is 10.0 Å². The van der Waals surface area contributed by atoms with Gasteiger partial charge < -0.3 is 162 Å². The van der Waals surface area contributed by atoms with Gasteiger partial charge in [0, 0.05) is 48.7 Å².